The first-order valence-corrected chi connectivity index (χ1v) is 7.76. The highest BCUT2D eigenvalue weighted by molar-refractivity contribution is 7.89. The van der Waals surface area contributed by atoms with Crippen molar-refractivity contribution < 1.29 is 18.3 Å². The molecule has 0 aliphatic heterocycles. The third-order valence-corrected chi connectivity index (χ3v) is 5.29. The fourth-order valence-electron chi connectivity index (χ4n) is 1.91. The maximum atomic E-state index is 12.4. The third kappa shape index (κ3) is 3.29. The highest BCUT2D eigenvalue weighted by atomic mass is 32.2. The van der Waals surface area contributed by atoms with E-state index in [2.05, 4.69) is 0 Å². The Balaban J connectivity index is 3.19. The van der Waals surface area contributed by atoms with Crippen LogP contribution in [0.25, 0.3) is 0 Å². The number of nitrogens with zero attached hydrogens (tertiary/aromatic N) is 1. The lowest BCUT2D eigenvalue weighted by molar-refractivity contribution is 0.0697. The number of carbonyl (C=O) groups is 1. The van der Waals surface area contributed by atoms with Gasteiger partial charge in [-0.1, -0.05) is 13.3 Å². The molecule has 0 radical (unpaired) electrons. The number of nitrogen functional groups attached to an aromatic ring is 1. The first-order valence-electron chi connectivity index (χ1n) is 6.32. The molecule has 1 rings (SSSR count). The number of rotatable bonds is 6. The van der Waals surface area contributed by atoms with Gasteiger partial charge in [0.1, 0.15) is 4.90 Å². The number of carboxylic acids is 1. The molecule has 0 bridgehead atoms. The highest BCUT2D eigenvalue weighted by Crippen LogP contribution is 2.25. The Bertz CT molecular complexity index is 598. The van der Waals surface area contributed by atoms with Gasteiger partial charge < -0.3 is 10.8 Å². The normalized spacial score (nSPS) is 13.4. The van der Waals surface area contributed by atoms with Crippen LogP contribution in [0.4, 0.5) is 5.69 Å². The van der Waals surface area contributed by atoms with Crippen molar-refractivity contribution in [2.75, 3.05) is 12.8 Å². The SMILES string of the molecule is CCCC(C)N(C)S(=O)(=O)c1ccc(C(=O)O)cc1N. The van der Waals surface area contributed by atoms with Gasteiger partial charge in [-0.3, -0.25) is 0 Å². The molecule has 0 aromatic heterocycles. The van der Waals surface area contributed by atoms with Gasteiger partial charge >= 0.3 is 5.97 Å². The maximum absolute atomic E-state index is 12.4. The molecule has 0 amide bonds. The zero-order valence-corrected chi connectivity index (χ0v) is 12.6. The molecule has 0 aliphatic rings. The Morgan fingerprint density at radius 2 is 2.05 bits per heavy atom. The lowest BCUT2D eigenvalue weighted by Gasteiger charge is -2.24. The molecule has 7 heteroatoms. The van der Waals surface area contributed by atoms with Gasteiger partial charge in [0.2, 0.25) is 10.0 Å². The molecular formula is C13H20N2O4S. The van der Waals surface area contributed by atoms with Gasteiger partial charge in [-0.05, 0) is 31.5 Å². The summed E-state index contributed by atoms with van der Waals surface area (Å²) >= 11 is 0. The average Bonchev–Trinajstić information content (AvgIpc) is 2.37. The lowest BCUT2D eigenvalue weighted by atomic mass is 10.2. The molecule has 6 nitrogen and oxygen atoms in total. The van der Waals surface area contributed by atoms with E-state index in [9.17, 15) is 13.2 Å². The smallest absolute Gasteiger partial charge is 0.335 e. The summed E-state index contributed by atoms with van der Waals surface area (Å²) < 4.78 is 26.2. The van der Waals surface area contributed by atoms with Crippen molar-refractivity contribution in [2.45, 2.75) is 37.6 Å². The molecule has 1 aromatic rings. The lowest BCUT2D eigenvalue weighted by Crippen LogP contribution is -2.35. The highest BCUT2D eigenvalue weighted by Gasteiger charge is 2.27. The first-order chi connectivity index (χ1) is 9.21. The largest absolute Gasteiger partial charge is 0.478 e. The Morgan fingerprint density at radius 1 is 1.45 bits per heavy atom. The predicted molar refractivity (Wildman–Crippen MR) is 77.1 cm³/mol. The van der Waals surface area contributed by atoms with Crippen LogP contribution in [0.15, 0.2) is 23.1 Å². The quantitative estimate of drug-likeness (QED) is 0.780. The number of hydrogen-bond donors (Lipinski definition) is 2. The zero-order chi connectivity index (χ0) is 15.5. The second-order valence-electron chi connectivity index (χ2n) is 4.72. The predicted octanol–water partition coefficient (Wildman–Crippen LogP) is 1.78. The molecule has 1 atom stereocenters. The van der Waals surface area contributed by atoms with Crippen molar-refractivity contribution in [3.05, 3.63) is 23.8 Å². The van der Waals surface area contributed by atoms with E-state index in [0.717, 1.165) is 18.9 Å². The van der Waals surface area contributed by atoms with Crippen molar-refractivity contribution in [1.29, 1.82) is 0 Å². The summed E-state index contributed by atoms with van der Waals surface area (Å²) in [5.41, 5.74) is 5.60. The summed E-state index contributed by atoms with van der Waals surface area (Å²) in [4.78, 5) is 10.8. The first kappa shape index (κ1) is 16.5. The minimum Gasteiger partial charge on any atom is -0.478 e. The molecule has 1 aromatic carbocycles. The molecule has 20 heavy (non-hydrogen) atoms. The second kappa shape index (κ2) is 6.23. The van der Waals surface area contributed by atoms with Crippen LogP contribution in [0.3, 0.4) is 0 Å². The molecule has 0 aliphatic carbocycles. The van der Waals surface area contributed by atoms with E-state index in [1.807, 2.05) is 13.8 Å². The average molecular weight is 300 g/mol. The summed E-state index contributed by atoms with van der Waals surface area (Å²) in [6.07, 6.45) is 1.61. The molecule has 1 unspecified atom stereocenters. The van der Waals surface area contributed by atoms with Crippen molar-refractivity contribution in [3.63, 3.8) is 0 Å². The Hall–Kier alpha value is -1.60. The van der Waals surface area contributed by atoms with Crippen LogP contribution < -0.4 is 5.73 Å². The fraction of sp³-hybridized carbons (Fsp3) is 0.462. The maximum Gasteiger partial charge on any atom is 0.335 e. The summed E-state index contributed by atoms with van der Waals surface area (Å²) in [7, 11) is -2.22. The van der Waals surface area contributed by atoms with Gasteiger partial charge in [0, 0.05) is 13.1 Å². The van der Waals surface area contributed by atoms with Crippen molar-refractivity contribution in [3.8, 4) is 0 Å². The van der Waals surface area contributed by atoms with Crippen LogP contribution in [0.1, 0.15) is 37.0 Å². The van der Waals surface area contributed by atoms with E-state index in [4.69, 9.17) is 10.8 Å². The van der Waals surface area contributed by atoms with Crippen LogP contribution in [0.5, 0.6) is 0 Å². The minimum absolute atomic E-state index is 0.0364. The molecule has 0 saturated heterocycles. The van der Waals surface area contributed by atoms with Gasteiger partial charge in [0.15, 0.2) is 0 Å². The second-order valence-corrected chi connectivity index (χ2v) is 6.68. The molecule has 0 fully saturated rings. The Morgan fingerprint density at radius 3 is 2.50 bits per heavy atom. The third-order valence-electron chi connectivity index (χ3n) is 3.24. The van der Waals surface area contributed by atoms with E-state index in [0.29, 0.717) is 0 Å². The van der Waals surface area contributed by atoms with Crippen LogP contribution >= 0.6 is 0 Å². The van der Waals surface area contributed by atoms with Gasteiger partial charge in [0.25, 0.3) is 0 Å². The number of nitrogens with two attached hydrogens (primary N) is 1. The van der Waals surface area contributed by atoms with E-state index < -0.39 is 16.0 Å². The van der Waals surface area contributed by atoms with Gasteiger partial charge in [-0.25, -0.2) is 13.2 Å². The van der Waals surface area contributed by atoms with E-state index in [-0.39, 0.29) is 22.2 Å². The summed E-state index contributed by atoms with van der Waals surface area (Å²) in [6, 6.07) is 3.49. The number of anilines is 1. The number of aromatic carboxylic acids is 1. The number of hydrogen-bond acceptors (Lipinski definition) is 4. The van der Waals surface area contributed by atoms with Crippen molar-refractivity contribution >= 4 is 21.7 Å². The van der Waals surface area contributed by atoms with Gasteiger partial charge in [0.05, 0.1) is 11.3 Å². The summed E-state index contributed by atoms with van der Waals surface area (Å²) in [5.74, 6) is -1.15. The van der Waals surface area contributed by atoms with Crippen LogP contribution in [-0.2, 0) is 10.0 Å². The van der Waals surface area contributed by atoms with Crippen molar-refractivity contribution in [2.24, 2.45) is 0 Å². The monoisotopic (exact) mass is 300 g/mol. The van der Waals surface area contributed by atoms with Crippen LogP contribution in [0, 0.1) is 0 Å². The Kier molecular flexibility index (Phi) is 5.13. The topological polar surface area (TPSA) is 101 Å². The van der Waals surface area contributed by atoms with Crippen molar-refractivity contribution in [1.82, 2.24) is 4.31 Å². The van der Waals surface area contributed by atoms with E-state index >= 15 is 0 Å². The molecule has 112 valence electrons. The molecular weight excluding hydrogens is 280 g/mol. The minimum atomic E-state index is -3.72. The summed E-state index contributed by atoms with van der Waals surface area (Å²) in [5, 5.41) is 8.85. The number of sulfonamides is 1. The molecule has 0 saturated carbocycles. The zero-order valence-electron chi connectivity index (χ0n) is 11.8. The standard InChI is InChI=1S/C13H20N2O4S/c1-4-5-9(2)15(3)20(18,19)12-7-6-10(13(16)17)8-11(12)14/h6-9H,4-5,14H2,1-3H3,(H,16,17). The number of carboxylic acid groups (broad SMARTS) is 1. The van der Waals surface area contributed by atoms with Gasteiger partial charge in [-0.15, -0.1) is 0 Å². The van der Waals surface area contributed by atoms with Gasteiger partial charge in [-0.2, -0.15) is 4.31 Å². The molecule has 0 heterocycles. The number of benzene rings is 1. The summed E-state index contributed by atoms with van der Waals surface area (Å²) in [6.45, 7) is 3.80. The van der Waals surface area contributed by atoms with E-state index in [1.165, 1.54) is 23.5 Å². The molecule has 0 spiro atoms. The van der Waals surface area contributed by atoms with Crippen LogP contribution in [0.2, 0.25) is 0 Å². The fourth-order valence-corrected chi connectivity index (χ4v) is 3.39. The molecule has 3 N–H and O–H groups in total. The van der Waals surface area contributed by atoms with Crippen LogP contribution in [-0.4, -0.2) is 36.9 Å². The Labute approximate surface area is 119 Å². The van der Waals surface area contributed by atoms with E-state index in [1.54, 1.807) is 0 Å².